The third-order valence-electron chi connectivity index (χ3n) is 2.89. The van der Waals surface area contributed by atoms with Crippen LogP contribution in [0.4, 0.5) is 0 Å². The van der Waals surface area contributed by atoms with Gasteiger partial charge in [0.15, 0.2) is 0 Å². The Kier molecular flexibility index (Phi) is 4.11. The molecule has 0 aliphatic carbocycles. The first-order valence-corrected chi connectivity index (χ1v) is 5.52. The Bertz CT molecular complexity index is 216. The Morgan fingerprint density at radius 3 is 2.47 bits per heavy atom. The largest absolute Gasteiger partial charge is 0.381 e. The molecule has 0 aromatic rings. The summed E-state index contributed by atoms with van der Waals surface area (Å²) in [6.07, 6.45) is 1.96. The van der Waals surface area contributed by atoms with Gasteiger partial charge in [-0.25, -0.2) is 0 Å². The van der Waals surface area contributed by atoms with Crippen molar-refractivity contribution in [2.75, 3.05) is 13.2 Å². The lowest BCUT2D eigenvalue weighted by molar-refractivity contribution is -0.137. The SMILES string of the molecule is CC(NC(=O)C(C)(C)O)C1CCOCC1. The second-order valence-corrected chi connectivity index (χ2v) is 4.77. The van der Waals surface area contributed by atoms with Crippen molar-refractivity contribution in [3.8, 4) is 0 Å². The highest BCUT2D eigenvalue weighted by Crippen LogP contribution is 2.19. The van der Waals surface area contributed by atoms with Gasteiger partial charge in [-0.3, -0.25) is 4.79 Å². The van der Waals surface area contributed by atoms with E-state index in [2.05, 4.69) is 5.32 Å². The van der Waals surface area contributed by atoms with Crippen LogP contribution in [0.25, 0.3) is 0 Å². The first-order valence-electron chi connectivity index (χ1n) is 5.52. The second-order valence-electron chi connectivity index (χ2n) is 4.77. The average Bonchev–Trinajstić information content (AvgIpc) is 2.17. The summed E-state index contributed by atoms with van der Waals surface area (Å²) >= 11 is 0. The number of amides is 1. The number of carbonyl (C=O) groups excluding carboxylic acids is 1. The molecule has 1 aliphatic heterocycles. The van der Waals surface area contributed by atoms with Crippen LogP contribution in [-0.4, -0.2) is 35.9 Å². The number of carbonyl (C=O) groups is 1. The topological polar surface area (TPSA) is 58.6 Å². The van der Waals surface area contributed by atoms with Crippen LogP contribution in [0.3, 0.4) is 0 Å². The monoisotopic (exact) mass is 215 g/mol. The van der Waals surface area contributed by atoms with Crippen LogP contribution in [0.15, 0.2) is 0 Å². The van der Waals surface area contributed by atoms with E-state index in [4.69, 9.17) is 4.74 Å². The van der Waals surface area contributed by atoms with Crippen LogP contribution in [0.2, 0.25) is 0 Å². The van der Waals surface area contributed by atoms with Crippen LogP contribution in [0.5, 0.6) is 0 Å². The predicted octanol–water partition coefficient (Wildman–Crippen LogP) is 0.689. The minimum atomic E-state index is -1.29. The van der Waals surface area contributed by atoms with Crippen LogP contribution in [-0.2, 0) is 9.53 Å². The maximum Gasteiger partial charge on any atom is 0.251 e. The number of ether oxygens (including phenoxy) is 1. The van der Waals surface area contributed by atoms with Crippen LogP contribution < -0.4 is 5.32 Å². The molecule has 4 heteroatoms. The minimum absolute atomic E-state index is 0.104. The van der Waals surface area contributed by atoms with Gasteiger partial charge in [0.1, 0.15) is 5.60 Å². The summed E-state index contributed by atoms with van der Waals surface area (Å²) in [7, 11) is 0. The lowest BCUT2D eigenvalue weighted by Crippen LogP contribution is -2.48. The van der Waals surface area contributed by atoms with Crippen LogP contribution in [0.1, 0.15) is 33.6 Å². The molecule has 1 heterocycles. The van der Waals surface area contributed by atoms with Crippen molar-refractivity contribution in [1.29, 1.82) is 0 Å². The fraction of sp³-hybridized carbons (Fsp3) is 0.909. The van der Waals surface area contributed by atoms with Gasteiger partial charge in [-0.05, 0) is 39.5 Å². The standard InChI is InChI=1S/C11H21NO3/c1-8(9-4-6-15-7-5-9)12-10(13)11(2,3)14/h8-9,14H,4-7H2,1-3H3,(H,12,13). The van der Waals surface area contributed by atoms with Gasteiger partial charge in [-0.1, -0.05) is 0 Å². The van der Waals surface area contributed by atoms with Crippen molar-refractivity contribution in [3.63, 3.8) is 0 Å². The molecule has 1 saturated heterocycles. The number of hydrogen-bond acceptors (Lipinski definition) is 3. The Hall–Kier alpha value is -0.610. The Labute approximate surface area is 91.0 Å². The van der Waals surface area contributed by atoms with Gasteiger partial charge in [0.05, 0.1) is 0 Å². The molecule has 1 fully saturated rings. The number of rotatable bonds is 3. The molecule has 0 saturated carbocycles. The normalized spacial score (nSPS) is 21.1. The first kappa shape index (κ1) is 12.5. The summed E-state index contributed by atoms with van der Waals surface area (Å²) in [5.41, 5.74) is -1.29. The second kappa shape index (κ2) is 4.94. The molecule has 2 N–H and O–H groups in total. The Balaban J connectivity index is 2.40. The van der Waals surface area contributed by atoms with E-state index in [0.717, 1.165) is 26.1 Å². The van der Waals surface area contributed by atoms with Gasteiger partial charge in [-0.2, -0.15) is 0 Å². The fourth-order valence-electron chi connectivity index (χ4n) is 1.72. The molecule has 1 amide bonds. The van der Waals surface area contributed by atoms with E-state index in [9.17, 15) is 9.90 Å². The molecule has 88 valence electrons. The molecule has 0 bridgehead atoms. The van der Waals surface area contributed by atoms with E-state index in [1.54, 1.807) is 0 Å². The number of hydrogen-bond donors (Lipinski definition) is 2. The third kappa shape index (κ3) is 3.80. The molecule has 0 radical (unpaired) electrons. The summed E-state index contributed by atoms with van der Waals surface area (Å²) in [5.74, 6) is 0.159. The molecule has 4 nitrogen and oxygen atoms in total. The minimum Gasteiger partial charge on any atom is -0.381 e. The molecule has 0 aromatic heterocycles. The highest BCUT2D eigenvalue weighted by Gasteiger charge is 2.28. The van der Waals surface area contributed by atoms with E-state index >= 15 is 0 Å². The zero-order valence-electron chi connectivity index (χ0n) is 9.75. The molecular weight excluding hydrogens is 194 g/mol. The summed E-state index contributed by atoms with van der Waals surface area (Å²) in [6, 6.07) is 0.104. The molecule has 1 atom stereocenters. The van der Waals surface area contributed by atoms with Crippen molar-refractivity contribution in [2.24, 2.45) is 5.92 Å². The fourth-order valence-corrected chi connectivity index (χ4v) is 1.72. The Morgan fingerprint density at radius 2 is 2.00 bits per heavy atom. The van der Waals surface area contributed by atoms with E-state index < -0.39 is 5.60 Å². The van der Waals surface area contributed by atoms with Gasteiger partial charge >= 0.3 is 0 Å². The lowest BCUT2D eigenvalue weighted by atomic mass is 9.92. The van der Waals surface area contributed by atoms with Gasteiger partial charge in [0.2, 0.25) is 0 Å². The highest BCUT2D eigenvalue weighted by molar-refractivity contribution is 5.84. The molecule has 1 aliphatic rings. The zero-order valence-corrected chi connectivity index (χ0v) is 9.75. The molecule has 1 unspecified atom stereocenters. The van der Waals surface area contributed by atoms with Crippen molar-refractivity contribution in [3.05, 3.63) is 0 Å². The summed E-state index contributed by atoms with van der Waals surface area (Å²) in [6.45, 7) is 6.53. The van der Waals surface area contributed by atoms with Gasteiger partial charge in [-0.15, -0.1) is 0 Å². The van der Waals surface area contributed by atoms with Crippen LogP contribution >= 0.6 is 0 Å². The Morgan fingerprint density at radius 1 is 1.47 bits per heavy atom. The van der Waals surface area contributed by atoms with E-state index in [1.165, 1.54) is 13.8 Å². The average molecular weight is 215 g/mol. The first-order chi connectivity index (χ1) is 6.91. The summed E-state index contributed by atoms with van der Waals surface area (Å²) < 4.78 is 5.26. The summed E-state index contributed by atoms with van der Waals surface area (Å²) in [5, 5.41) is 12.3. The molecular formula is C11H21NO3. The quantitative estimate of drug-likeness (QED) is 0.728. The maximum absolute atomic E-state index is 11.5. The van der Waals surface area contributed by atoms with E-state index in [-0.39, 0.29) is 11.9 Å². The van der Waals surface area contributed by atoms with Crippen molar-refractivity contribution in [2.45, 2.75) is 45.3 Å². The molecule has 1 rings (SSSR count). The molecule has 0 spiro atoms. The van der Waals surface area contributed by atoms with Crippen LogP contribution in [0, 0.1) is 5.92 Å². The van der Waals surface area contributed by atoms with Crippen molar-refractivity contribution in [1.82, 2.24) is 5.32 Å². The predicted molar refractivity (Wildman–Crippen MR) is 57.4 cm³/mol. The molecule has 0 aromatic carbocycles. The zero-order chi connectivity index (χ0) is 11.5. The smallest absolute Gasteiger partial charge is 0.251 e. The van der Waals surface area contributed by atoms with Crippen molar-refractivity contribution < 1.29 is 14.6 Å². The maximum atomic E-state index is 11.5. The molecule has 15 heavy (non-hydrogen) atoms. The highest BCUT2D eigenvalue weighted by atomic mass is 16.5. The van der Waals surface area contributed by atoms with E-state index in [1.807, 2.05) is 6.92 Å². The van der Waals surface area contributed by atoms with E-state index in [0.29, 0.717) is 5.92 Å². The van der Waals surface area contributed by atoms with Gasteiger partial charge in [0.25, 0.3) is 5.91 Å². The lowest BCUT2D eigenvalue weighted by Gasteiger charge is -2.30. The van der Waals surface area contributed by atoms with Gasteiger partial charge in [0, 0.05) is 19.3 Å². The van der Waals surface area contributed by atoms with Gasteiger partial charge < -0.3 is 15.2 Å². The van der Waals surface area contributed by atoms with Crippen molar-refractivity contribution >= 4 is 5.91 Å². The number of aliphatic hydroxyl groups is 1. The summed E-state index contributed by atoms with van der Waals surface area (Å²) in [4.78, 5) is 11.5. The number of nitrogens with one attached hydrogen (secondary N) is 1. The third-order valence-corrected chi connectivity index (χ3v) is 2.89.